The van der Waals surface area contributed by atoms with Crippen molar-refractivity contribution in [3.05, 3.63) is 34.9 Å². The summed E-state index contributed by atoms with van der Waals surface area (Å²) >= 11 is 0. The molecule has 0 saturated heterocycles. The molecule has 0 heterocycles. The standard InChI is InChI=1S/C14H19NO4/c1-9-6-10(8-11(7-9)13(18)19)12(17)15-14(2,3)4-5-16/h6-8,16H,4-5H2,1-3H3,(H,15,17)(H,18,19). The van der Waals surface area contributed by atoms with E-state index < -0.39 is 11.5 Å². The van der Waals surface area contributed by atoms with Crippen molar-refractivity contribution in [1.29, 1.82) is 0 Å². The molecule has 1 amide bonds. The van der Waals surface area contributed by atoms with E-state index in [1.807, 2.05) is 0 Å². The third kappa shape index (κ3) is 4.37. The highest BCUT2D eigenvalue weighted by Crippen LogP contribution is 2.13. The molecule has 0 aliphatic rings. The van der Waals surface area contributed by atoms with Crippen molar-refractivity contribution >= 4 is 11.9 Å². The number of hydrogen-bond donors (Lipinski definition) is 3. The number of hydrogen-bond acceptors (Lipinski definition) is 3. The molecule has 0 atom stereocenters. The van der Waals surface area contributed by atoms with E-state index >= 15 is 0 Å². The summed E-state index contributed by atoms with van der Waals surface area (Å²) in [5.41, 5.74) is 0.567. The molecule has 1 aromatic rings. The number of carbonyl (C=O) groups is 2. The van der Waals surface area contributed by atoms with Crippen LogP contribution in [0.25, 0.3) is 0 Å². The Morgan fingerprint density at radius 3 is 2.32 bits per heavy atom. The average Bonchev–Trinajstić information content (AvgIpc) is 2.27. The Balaban J connectivity index is 2.97. The summed E-state index contributed by atoms with van der Waals surface area (Å²) in [4.78, 5) is 23.0. The van der Waals surface area contributed by atoms with Crippen molar-refractivity contribution in [1.82, 2.24) is 5.32 Å². The second kappa shape index (κ2) is 5.84. The fourth-order valence-electron chi connectivity index (χ4n) is 1.76. The van der Waals surface area contributed by atoms with E-state index in [-0.39, 0.29) is 18.1 Å². The van der Waals surface area contributed by atoms with Crippen molar-refractivity contribution in [2.24, 2.45) is 0 Å². The highest BCUT2D eigenvalue weighted by atomic mass is 16.4. The molecule has 0 aliphatic carbocycles. The number of aryl methyl sites for hydroxylation is 1. The van der Waals surface area contributed by atoms with E-state index in [2.05, 4.69) is 5.32 Å². The predicted molar refractivity (Wildman–Crippen MR) is 71.4 cm³/mol. The summed E-state index contributed by atoms with van der Waals surface area (Å²) in [5, 5.41) is 20.7. The van der Waals surface area contributed by atoms with E-state index in [0.717, 1.165) is 0 Å². The molecule has 0 aliphatic heterocycles. The van der Waals surface area contributed by atoms with Gasteiger partial charge in [0.25, 0.3) is 5.91 Å². The monoisotopic (exact) mass is 265 g/mol. The topological polar surface area (TPSA) is 86.6 Å². The van der Waals surface area contributed by atoms with Gasteiger partial charge in [0.1, 0.15) is 0 Å². The maximum atomic E-state index is 12.1. The third-order valence-electron chi connectivity index (χ3n) is 2.78. The highest BCUT2D eigenvalue weighted by molar-refractivity contribution is 5.98. The lowest BCUT2D eigenvalue weighted by Crippen LogP contribution is -2.44. The smallest absolute Gasteiger partial charge is 0.335 e. The fourth-order valence-corrected chi connectivity index (χ4v) is 1.76. The Labute approximate surface area is 112 Å². The Bertz CT molecular complexity index is 494. The molecule has 1 rings (SSSR count). The van der Waals surface area contributed by atoms with E-state index in [1.165, 1.54) is 12.1 Å². The number of aliphatic hydroxyl groups is 1. The van der Waals surface area contributed by atoms with Crippen LogP contribution in [-0.2, 0) is 0 Å². The maximum absolute atomic E-state index is 12.1. The second-order valence-corrected chi connectivity index (χ2v) is 5.20. The van der Waals surface area contributed by atoms with Crippen LogP contribution in [-0.4, -0.2) is 34.2 Å². The Kier molecular flexibility index (Phi) is 4.67. The van der Waals surface area contributed by atoms with Crippen LogP contribution in [0.3, 0.4) is 0 Å². The lowest BCUT2D eigenvalue weighted by atomic mass is 9.99. The molecule has 0 spiro atoms. The van der Waals surface area contributed by atoms with Gasteiger partial charge in [-0.3, -0.25) is 4.79 Å². The van der Waals surface area contributed by atoms with Gasteiger partial charge in [-0.2, -0.15) is 0 Å². The van der Waals surface area contributed by atoms with Crippen LogP contribution in [0.1, 0.15) is 46.5 Å². The number of carboxylic acid groups (broad SMARTS) is 1. The first-order valence-electron chi connectivity index (χ1n) is 6.03. The number of carboxylic acids is 1. The van der Waals surface area contributed by atoms with Crippen molar-refractivity contribution in [3.63, 3.8) is 0 Å². The highest BCUT2D eigenvalue weighted by Gasteiger charge is 2.21. The molecule has 0 aromatic heterocycles. The van der Waals surface area contributed by atoms with Crippen LogP contribution in [0, 0.1) is 6.92 Å². The molecular weight excluding hydrogens is 246 g/mol. The minimum absolute atomic E-state index is 0.0263. The minimum atomic E-state index is -1.06. The lowest BCUT2D eigenvalue weighted by Gasteiger charge is -2.25. The van der Waals surface area contributed by atoms with E-state index in [9.17, 15) is 9.59 Å². The van der Waals surface area contributed by atoms with Gasteiger partial charge in [0.2, 0.25) is 0 Å². The Morgan fingerprint density at radius 1 is 1.21 bits per heavy atom. The number of aromatic carboxylic acids is 1. The quantitative estimate of drug-likeness (QED) is 0.754. The van der Waals surface area contributed by atoms with Gasteiger partial charge in [-0.25, -0.2) is 4.79 Å². The van der Waals surface area contributed by atoms with Crippen molar-refractivity contribution < 1.29 is 19.8 Å². The summed E-state index contributed by atoms with van der Waals surface area (Å²) in [6.07, 6.45) is 0.427. The molecule has 1 aromatic carbocycles. The number of amides is 1. The van der Waals surface area contributed by atoms with Crippen molar-refractivity contribution in [2.75, 3.05) is 6.61 Å². The molecule has 0 saturated carbocycles. The molecular formula is C14H19NO4. The summed E-state index contributed by atoms with van der Waals surface area (Å²) in [7, 11) is 0. The van der Waals surface area contributed by atoms with Crippen LogP contribution in [0.4, 0.5) is 0 Å². The van der Waals surface area contributed by atoms with Gasteiger partial charge >= 0.3 is 5.97 Å². The Morgan fingerprint density at radius 2 is 1.79 bits per heavy atom. The summed E-state index contributed by atoms with van der Waals surface area (Å²) in [5.74, 6) is -1.41. The average molecular weight is 265 g/mol. The molecule has 0 bridgehead atoms. The van der Waals surface area contributed by atoms with Crippen molar-refractivity contribution in [3.8, 4) is 0 Å². The minimum Gasteiger partial charge on any atom is -0.478 e. The lowest BCUT2D eigenvalue weighted by molar-refractivity contribution is 0.0696. The van der Waals surface area contributed by atoms with Crippen LogP contribution in [0.2, 0.25) is 0 Å². The molecule has 104 valence electrons. The number of carbonyl (C=O) groups excluding carboxylic acids is 1. The van der Waals surface area contributed by atoms with Gasteiger partial charge in [-0.05, 0) is 51.0 Å². The molecule has 5 heteroatoms. The first-order valence-corrected chi connectivity index (χ1v) is 6.03. The van der Waals surface area contributed by atoms with Crippen LogP contribution in [0.15, 0.2) is 18.2 Å². The van der Waals surface area contributed by atoms with Crippen LogP contribution >= 0.6 is 0 Å². The van der Waals surface area contributed by atoms with Crippen LogP contribution in [0.5, 0.6) is 0 Å². The van der Waals surface area contributed by atoms with Crippen LogP contribution < -0.4 is 5.32 Å². The predicted octanol–water partition coefficient (Wildman–Crippen LogP) is 1.58. The maximum Gasteiger partial charge on any atom is 0.335 e. The molecule has 5 nitrogen and oxygen atoms in total. The summed E-state index contributed by atoms with van der Waals surface area (Å²) in [6, 6.07) is 4.49. The molecule has 0 unspecified atom stereocenters. The van der Waals surface area contributed by atoms with Gasteiger partial charge in [-0.15, -0.1) is 0 Å². The van der Waals surface area contributed by atoms with Gasteiger partial charge in [0.15, 0.2) is 0 Å². The summed E-state index contributed by atoms with van der Waals surface area (Å²) < 4.78 is 0. The number of rotatable bonds is 5. The zero-order valence-electron chi connectivity index (χ0n) is 11.4. The normalized spacial score (nSPS) is 11.2. The first kappa shape index (κ1) is 15.2. The Hall–Kier alpha value is -1.88. The molecule has 19 heavy (non-hydrogen) atoms. The molecule has 0 fully saturated rings. The molecule has 3 N–H and O–H groups in total. The zero-order chi connectivity index (χ0) is 14.6. The largest absolute Gasteiger partial charge is 0.478 e. The van der Waals surface area contributed by atoms with Gasteiger partial charge in [0, 0.05) is 17.7 Å². The SMILES string of the molecule is Cc1cc(C(=O)O)cc(C(=O)NC(C)(C)CCO)c1. The fraction of sp³-hybridized carbons (Fsp3) is 0.429. The number of nitrogens with one attached hydrogen (secondary N) is 1. The van der Waals surface area contributed by atoms with Gasteiger partial charge < -0.3 is 15.5 Å². The number of aliphatic hydroxyl groups excluding tert-OH is 1. The van der Waals surface area contributed by atoms with E-state index in [4.69, 9.17) is 10.2 Å². The van der Waals surface area contributed by atoms with E-state index in [1.54, 1.807) is 26.8 Å². The van der Waals surface area contributed by atoms with Crippen molar-refractivity contribution in [2.45, 2.75) is 32.7 Å². The summed E-state index contributed by atoms with van der Waals surface area (Å²) in [6.45, 7) is 5.31. The van der Waals surface area contributed by atoms with Gasteiger partial charge in [0.05, 0.1) is 5.56 Å². The van der Waals surface area contributed by atoms with Gasteiger partial charge in [-0.1, -0.05) is 0 Å². The first-order chi connectivity index (χ1) is 8.75. The van der Waals surface area contributed by atoms with E-state index in [0.29, 0.717) is 17.5 Å². The third-order valence-corrected chi connectivity index (χ3v) is 2.78. The zero-order valence-corrected chi connectivity index (χ0v) is 11.4. The number of benzene rings is 1. The second-order valence-electron chi connectivity index (χ2n) is 5.20. The molecule has 0 radical (unpaired) electrons.